The quantitative estimate of drug-likeness (QED) is 0.625. The van der Waals surface area contributed by atoms with Crippen LogP contribution >= 0.6 is 0 Å². The second-order valence-electron chi connectivity index (χ2n) is 6.60. The van der Waals surface area contributed by atoms with Gasteiger partial charge in [-0.1, -0.05) is 36.4 Å². The van der Waals surface area contributed by atoms with E-state index in [1.165, 1.54) is 5.56 Å². The highest BCUT2D eigenvalue weighted by Gasteiger charge is 2.08. The Balaban J connectivity index is 1.54. The van der Waals surface area contributed by atoms with E-state index in [0.717, 1.165) is 35.5 Å². The maximum Gasteiger partial charge on any atom is 0.253 e. The maximum atomic E-state index is 12.5. The molecule has 0 fully saturated rings. The van der Waals surface area contributed by atoms with Gasteiger partial charge in [0.25, 0.3) is 5.91 Å². The molecule has 0 spiro atoms. The van der Waals surface area contributed by atoms with E-state index in [2.05, 4.69) is 21.7 Å². The summed E-state index contributed by atoms with van der Waals surface area (Å²) in [6.07, 6.45) is 4.16. The molecule has 5 heteroatoms. The van der Waals surface area contributed by atoms with E-state index in [-0.39, 0.29) is 5.91 Å². The van der Waals surface area contributed by atoms with Crippen molar-refractivity contribution in [2.24, 2.45) is 0 Å². The van der Waals surface area contributed by atoms with E-state index in [9.17, 15) is 4.79 Å². The Morgan fingerprint density at radius 2 is 1.93 bits per heavy atom. The van der Waals surface area contributed by atoms with Crippen LogP contribution in [0.1, 0.15) is 27.0 Å². The zero-order chi connectivity index (χ0) is 19.8. The Bertz CT molecular complexity index is 940. The molecule has 1 aromatic heterocycles. The predicted octanol–water partition coefficient (Wildman–Crippen LogP) is 3.98. The van der Waals surface area contributed by atoms with Crippen molar-refractivity contribution in [1.82, 2.24) is 10.3 Å². The highest BCUT2D eigenvalue weighted by Crippen LogP contribution is 2.14. The molecule has 3 rings (SSSR count). The molecule has 1 heterocycles. The van der Waals surface area contributed by atoms with Crippen LogP contribution in [-0.4, -0.2) is 24.5 Å². The monoisotopic (exact) mass is 375 g/mol. The minimum Gasteiger partial charge on any atom is -0.497 e. The van der Waals surface area contributed by atoms with Gasteiger partial charge in [0.1, 0.15) is 5.75 Å². The molecular formula is C23H25N3O2. The normalized spacial score (nSPS) is 10.4. The average molecular weight is 375 g/mol. The third-order valence-electron chi connectivity index (χ3n) is 4.58. The van der Waals surface area contributed by atoms with Crippen LogP contribution in [0.25, 0.3) is 0 Å². The number of rotatable bonds is 8. The summed E-state index contributed by atoms with van der Waals surface area (Å²) in [7, 11) is 1.67. The molecule has 0 unspecified atom stereocenters. The van der Waals surface area contributed by atoms with Crippen molar-refractivity contribution >= 4 is 11.6 Å². The zero-order valence-corrected chi connectivity index (χ0v) is 16.2. The summed E-state index contributed by atoms with van der Waals surface area (Å²) >= 11 is 0. The first-order chi connectivity index (χ1) is 13.7. The molecule has 0 bridgehead atoms. The average Bonchev–Trinajstić information content (AvgIpc) is 2.73. The maximum absolute atomic E-state index is 12.5. The number of hydrogen-bond donors (Lipinski definition) is 2. The molecule has 2 N–H and O–H groups in total. The molecule has 0 saturated heterocycles. The molecule has 0 saturated carbocycles. The number of hydrogen-bond acceptors (Lipinski definition) is 4. The van der Waals surface area contributed by atoms with Crippen LogP contribution in [-0.2, 0) is 13.0 Å². The summed E-state index contributed by atoms with van der Waals surface area (Å²) in [5.74, 6) is 0.721. The van der Waals surface area contributed by atoms with E-state index in [0.29, 0.717) is 12.1 Å². The van der Waals surface area contributed by atoms with Crippen LogP contribution in [0.5, 0.6) is 5.75 Å². The van der Waals surface area contributed by atoms with Crippen LogP contribution in [0.2, 0.25) is 0 Å². The van der Waals surface area contributed by atoms with Gasteiger partial charge in [0, 0.05) is 25.5 Å². The lowest BCUT2D eigenvalue weighted by molar-refractivity contribution is 0.0950. The van der Waals surface area contributed by atoms with Crippen molar-refractivity contribution in [3.63, 3.8) is 0 Å². The summed E-state index contributed by atoms with van der Waals surface area (Å²) in [6, 6.07) is 17.8. The van der Waals surface area contributed by atoms with Crippen molar-refractivity contribution < 1.29 is 9.53 Å². The summed E-state index contributed by atoms with van der Waals surface area (Å²) in [5.41, 5.74) is 4.82. The summed E-state index contributed by atoms with van der Waals surface area (Å²) in [5, 5.41) is 6.28. The Morgan fingerprint density at radius 1 is 1.07 bits per heavy atom. The zero-order valence-electron chi connectivity index (χ0n) is 16.2. The molecule has 144 valence electrons. The molecule has 0 radical (unpaired) electrons. The highest BCUT2D eigenvalue weighted by atomic mass is 16.5. The van der Waals surface area contributed by atoms with Crippen molar-refractivity contribution in [1.29, 1.82) is 0 Å². The van der Waals surface area contributed by atoms with Crippen LogP contribution in [0.15, 0.2) is 67.0 Å². The van der Waals surface area contributed by atoms with Gasteiger partial charge < -0.3 is 15.4 Å². The van der Waals surface area contributed by atoms with E-state index in [1.807, 2.05) is 55.5 Å². The second-order valence-corrected chi connectivity index (χ2v) is 6.60. The Morgan fingerprint density at radius 3 is 2.75 bits per heavy atom. The van der Waals surface area contributed by atoms with Crippen molar-refractivity contribution in [3.8, 4) is 5.75 Å². The van der Waals surface area contributed by atoms with Gasteiger partial charge in [0.05, 0.1) is 18.4 Å². The van der Waals surface area contributed by atoms with Crippen LogP contribution in [0, 0.1) is 6.92 Å². The minimum atomic E-state index is -0.132. The third kappa shape index (κ3) is 5.33. The third-order valence-corrected chi connectivity index (χ3v) is 4.58. The van der Waals surface area contributed by atoms with Crippen LogP contribution < -0.4 is 15.4 Å². The SMILES string of the molecule is COc1cccc(CCNc2cncc(C(=O)NCc3ccccc3C)c2)c1. The highest BCUT2D eigenvalue weighted by molar-refractivity contribution is 5.94. The van der Waals surface area contributed by atoms with Gasteiger partial charge in [-0.2, -0.15) is 0 Å². The lowest BCUT2D eigenvalue weighted by Crippen LogP contribution is -2.23. The topological polar surface area (TPSA) is 63.2 Å². The van der Waals surface area contributed by atoms with E-state index in [1.54, 1.807) is 19.5 Å². The smallest absolute Gasteiger partial charge is 0.253 e. The Labute approximate surface area is 165 Å². The molecule has 0 aliphatic carbocycles. The number of pyridine rings is 1. The van der Waals surface area contributed by atoms with Gasteiger partial charge in [-0.15, -0.1) is 0 Å². The molecule has 0 aliphatic rings. The van der Waals surface area contributed by atoms with E-state index < -0.39 is 0 Å². The van der Waals surface area contributed by atoms with Gasteiger partial charge in [-0.25, -0.2) is 0 Å². The fourth-order valence-corrected chi connectivity index (χ4v) is 2.93. The standard InChI is InChI=1S/C23H25N3O2/c1-17-6-3-4-8-19(17)15-26-23(27)20-13-21(16-24-14-20)25-11-10-18-7-5-9-22(12-18)28-2/h3-9,12-14,16,25H,10-11,15H2,1-2H3,(H,26,27). The molecule has 3 aromatic rings. The molecule has 1 amide bonds. The summed E-state index contributed by atoms with van der Waals surface area (Å²) in [4.78, 5) is 16.6. The van der Waals surface area contributed by atoms with Crippen LogP contribution in [0.3, 0.4) is 0 Å². The number of nitrogens with one attached hydrogen (secondary N) is 2. The number of carbonyl (C=O) groups is 1. The summed E-state index contributed by atoms with van der Waals surface area (Å²) < 4.78 is 5.25. The number of aryl methyl sites for hydroxylation is 1. The van der Waals surface area contributed by atoms with Crippen LogP contribution in [0.4, 0.5) is 5.69 Å². The lowest BCUT2D eigenvalue weighted by Gasteiger charge is -2.10. The number of carbonyl (C=O) groups excluding carboxylic acids is 1. The minimum absolute atomic E-state index is 0.132. The van der Waals surface area contributed by atoms with Crippen molar-refractivity contribution in [2.45, 2.75) is 19.9 Å². The van der Waals surface area contributed by atoms with Gasteiger partial charge in [0.15, 0.2) is 0 Å². The first-order valence-electron chi connectivity index (χ1n) is 9.30. The van der Waals surface area contributed by atoms with Gasteiger partial charge in [0.2, 0.25) is 0 Å². The molecule has 28 heavy (non-hydrogen) atoms. The number of benzene rings is 2. The predicted molar refractivity (Wildman–Crippen MR) is 112 cm³/mol. The number of amides is 1. The molecular weight excluding hydrogens is 350 g/mol. The molecule has 5 nitrogen and oxygen atoms in total. The number of ether oxygens (including phenoxy) is 1. The Hall–Kier alpha value is -3.34. The first kappa shape index (κ1) is 19.4. The fourth-order valence-electron chi connectivity index (χ4n) is 2.93. The largest absolute Gasteiger partial charge is 0.497 e. The van der Waals surface area contributed by atoms with Crippen molar-refractivity contribution in [3.05, 3.63) is 89.2 Å². The van der Waals surface area contributed by atoms with E-state index in [4.69, 9.17) is 4.74 Å². The second kappa shape index (κ2) is 9.55. The lowest BCUT2D eigenvalue weighted by atomic mass is 10.1. The fraction of sp³-hybridized carbons (Fsp3) is 0.217. The van der Waals surface area contributed by atoms with Gasteiger partial charge in [-0.3, -0.25) is 9.78 Å². The van der Waals surface area contributed by atoms with E-state index >= 15 is 0 Å². The number of methoxy groups -OCH3 is 1. The molecule has 0 aliphatic heterocycles. The van der Waals surface area contributed by atoms with Crippen molar-refractivity contribution in [2.75, 3.05) is 19.0 Å². The summed E-state index contributed by atoms with van der Waals surface area (Å²) in [6.45, 7) is 3.28. The number of aromatic nitrogens is 1. The molecule has 0 atom stereocenters. The Kier molecular flexibility index (Phi) is 6.63. The van der Waals surface area contributed by atoms with Gasteiger partial charge in [-0.05, 0) is 48.2 Å². The van der Waals surface area contributed by atoms with Gasteiger partial charge >= 0.3 is 0 Å². The number of nitrogens with zero attached hydrogens (tertiary/aromatic N) is 1. The molecule has 2 aromatic carbocycles. The number of anilines is 1. The first-order valence-corrected chi connectivity index (χ1v) is 9.30.